The van der Waals surface area contributed by atoms with Crippen LogP contribution in [0.25, 0.3) is 0 Å². The molecule has 1 atom stereocenters. The molecule has 0 fully saturated rings. The minimum absolute atomic E-state index is 0.0283. The van der Waals surface area contributed by atoms with Gasteiger partial charge < -0.3 is 25.6 Å². The Morgan fingerprint density at radius 2 is 1.90 bits per heavy atom. The van der Waals surface area contributed by atoms with Gasteiger partial charge in [0, 0.05) is 7.05 Å². The molecule has 9 nitrogen and oxygen atoms in total. The van der Waals surface area contributed by atoms with Gasteiger partial charge in [-0.1, -0.05) is 18.2 Å². The molecular weight excluding hydrogens is 396 g/mol. The van der Waals surface area contributed by atoms with Crippen molar-refractivity contribution in [3.05, 3.63) is 46.7 Å². The van der Waals surface area contributed by atoms with Crippen LogP contribution < -0.4 is 25.6 Å². The van der Waals surface area contributed by atoms with E-state index in [9.17, 15) is 19.2 Å². The van der Waals surface area contributed by atoms with Gasteiger partial charge in [0.15, 0.2) is 6.10 Å². The van der Waals surface area contributed by atoms with Crippen LogP contribution in [0.5, 0.6) is 5.75 Å². The average molecular weight is 416 g/mol. The lowest BCUT2D eigenvalue weighted by Gasteiger charge is -2.34. The van der Waals surface area contributed by atoms with Crippen molar-refractivity contribution in [1.82, 2.24) is 16.0 Å². The summed E-state index contributed by atoms with van der Waals surface area (Å²) >= 11 is 1.27. The Bertz CT molecular complexity index is 915. The summed E-state index contributed by atoms with van der Waals surface area (Å²) in [6.45, 7) is -0.492. The highest BCUT2D eigenvalue weighted by Crippen LogP contribution is 2.33. The van der Waals surface area contributed by atoms with E-state index >= 15 is 0 Å². The SMILES string of the molecule is CNC(=O)[C@@H]1CN(C(=O)CNC(=O)CNC(=O)c2cccs2)c2ccccc2O1. The second-order valence-electron chi connectivity index (χ2n) is 6.13. The number of anilines is 1. The molecule has 0 aliphatic carbocycles. The first-order chi connectivity index (χ1) is 14.0. The maximum absolute atomic E-state index is 12.7. The molecule has 0 radical (unpaired) electrons. The maximum Gasteiger partial charge on any atom is 0.262 e. The molecule has 1 aliphatic rings. The lowest BCUT2D eigenvalue weighted by atomic mass is 10.1. The topological polar surface area (TPSA) is 117 Å². The molecule has 0 bridgehead atoms. The summed E-state index contributed by atoms with van der Waals surface area (Å²) in [5.74, 6) is -1.18. The van der Waals surface area contributed by atoms with Gasteiger partial charge in [0.05, 0.1) is 30.2 Å². The molecule has 0 saturated heterocycles. The molecule has 0 unspecified atom stereocenters. The number of rotatable bonds is 6. The number of hydrogen-bond donors (Lipinski definition) is 3. The first-order valence-electron chi connectivity index (χ1n) is 8.85. The van der Waals surface area contributed by atoms with Crippen molar-refractivity contribution < 1.29 is 23.9 Å². The van der Waals surface area contributed by atoms with Gasteiger partial charge >= 0.3 is 0 Å². The summed E-state index contributed by atoms with van der Waals surface area (Å²) in [5.41, 5.74) is 0.526. The van der Waals surface area contributed by atoms with Crippen LogP contribution in [0.15, 0.2) is 41.8 Å². The number of carbonyl (C=O) groups is 4. The van der Waals surface area contributed by atoms with Gasteiger partial charge in [0.2, 0.25) is 11.8 Å². The Kier molecular flexibility index (Phi) is 6.45. The lowest BCUT2D eigenvalue weighted by Crippen LogP contribution is -2.52. The lowest BCUT2D eigenvalue weighted by molar-refractivity contribution is -0.128. The van der Waals surface area contributed by atoms with Crippen molar-refractivity contribution in [2.45, 2.75) is 6.10 Å². The molecule has 2 heterocycles. The highest BCUT2D eigenvalue weighted by molar-refractivity contribution is 7.12. The Balaban J connectivity index is 1.57. The molecule has 29 heavy (non-hydrogen) atoms. The number of carbonyl (C=O) groups excluding carboxylic acids is 4. The third-order valence-corrected chi connectivity index (χ3v) is 5.07. The molecular formula is C19H20N4O5S. The quantitative estimate of drug-likeness (QED) is 0.619. The van der Waals surface area contributed by atoms with E-state index < -0.39 is 17.9 Å². The van der Waals surface area contributed by atoms with E-state index in [1.807, 2.05) is 0 Å². The number of likely N-dealkylation sites (N-methyl/N-ethyl adjacent to an activating group) is 1. The molecule has 1 aromatic carbocycles. The third kappa shape index (κ3) is 4.91. The van der Waals surface area contributed by atoms with Crippen molar-refractivity contribution in [3.63, 3.8) is 0 Å². The molecule has 1 aliphatic heterocycles. The number of nitrogens with one attached hydrogen (secondary N) is 3. The molecule has 152 valence electrons. The highest BCUT2D eigenvalue weighted by Gasteiger charge is 2.33. The molecule has 3 N–H and O–H groups in total. The van der Waals surface area contributed by atoms with E-state index in [0.29, 0.717) is 16.3 Å². The summed E-state index contributed by atoms with van der Waals surface area (Å²) in [7, 11) is 1.49. The van der Waals surface area contributed by atoms with Gasteiger partial charge in [0.1, 0.15) is 5.75 Å². The minimum Gasteiger partial charge on any atom is -0.477 e. The van der Waals surface area contributed by atoms with Crippen molar-refractivity contribution in [2.24, 2.45) is 0 Å². The Morgan fingerprint density at radius 3 is 2.62 bits per heavy atom. The Morgan fingerprint density at radius 1 is 1.10 bits per heavy atom. The van der Waals surface area contributed by atoms with Crippen LogP contribution in [0, 0.1) is 0 Å². The third-order valence-electron chi connectivity index (χ3n) is 4.20. The van der Waals surface area contributed by atoms with Crippen LogP contribution in [0.1, 0.15) is 9.67 Å². The van der Waals surface area contributed by atoms with Crippen molar-refractivity contribution in [3.8, 4) is 5.75 Å². The van der Waals surface area contributed by atoms with Gasteiger partial charge in [-0.25, -0.2) is 0 Å². The van der Waals surface area contributed by atoms with Crippen LogP contribution >= 0.6 is 11.3 Å². The maximum atomic E-state index is 12.7. The first kappa shape index (κ1) is 20.3. The zero-order valence-electron chi connectivity index (χ0n) is 15.6. The fourth-order valence-corrected chi connectivity index (χ4v) is 3.40. The second-order valence-corrected chi connectivity index (χ2v) is 7.08. The molecule has 4 amide bonds. The van der Waals surface area contributed by atoms with E-state index in [1.165, 1.54) is 23.3 Å². The molecule has 3 rings (SSSR count). The normalized spacial score (nSPS) is 14.9. The standard InChI is InChI=1S/C19H20N4O5S/c1-20-18(26)14-11-23(12-5-2-3-6-13(12)28-14)17(25)10-21-16(24)9-22-19(27)15-7-4-8-29-15/h2-8,14H,9-11H2,1H3,(H,20,26)(H,21,24)(H,22,27)/t14-/m0/s1. The van der Waals surface area contributed by atoms with Gasteiger partial charge in [-0.3, -0.25) is 19.2 Å². The number of para-hydroxylation sites is 2. The van der Waals surface area contributed by atoms with E-state index in [-0.39, 0.29) is 31.4 Å². The van der Waals surface area contributed by atoms with E-state index in [0.717, 1.165) is 0 Å². The van der Waals surface area contributed by atoms with E-state index in [1.54, 1.807) is 41.8 Å². The largest absolute Gasteiger partial charge is 0.477 e. The summed E-state index contributed by atoms with van der Waals surface area (Å²) in [4.78, 5) is 50.4. The van der Waals surface area contributed by atoms with Crippen molar-refractivity contribution >= 4 is 40.7 Å². The molecule has 1 aromatic heterocycles. The minimum atomic E-state index is -0.848. The van der Waals surface area contributed by atoms with Gasteiger partial charge in [0.25, 0.3) is 11.8 Å². The van der Waals surface area contributed by atoms with Crippen LogP contribution in [0.2, 0.25) is 0 Å². The highest BCUT2D eigenvalue weighted by atomic mass is 32.1. The number of hydrogen-bond acceptors (Lipinski definition) is 6. The van der Waals surface area contributed by atoms with Crippen molar-refractivity contribution in [2.75, 3.05) is 31.6 Å². The zero-order chi connectivity index (χ0) is 20.8. The zero-order valence-corrected chi connectivity index (χ0v) is 16.5. The number of benzene rings is 1. The van der Waals surface area contributed by atoms with E-state index in [4.69, 9.17) is 4.74 Å². The first-order valence-corrected chi connectivity index (χ1v) is 9.73. The molecule has 0 saturated carbocycles. The Hall–Kier alpha value is -3.40. The molecule has 2 aromatic rings. The summed E-state index contributed by atoms with van der Waals surface area (Å²) in [5, 5.41) is 9.25. The van der Waals surface area contributed by atoms with Crippen LogP contribution in [0.3, 0.4) is 0 Å². The number of thiophene rings is 1. The number of nitrogens with zero attached hydrogens (tertiary/aromatic N) is 1. The van der Waals surface area contributed by atoms with Gasteiger partial charge in [-0.2, -0.15) is 0 Å². The van der Waals surface area contributed by atoms with Crippen molar-refractivity contribution in [1.29, 1.82) is 0 Å². The smallest absolute Gasteiger partial charge is 0.262 e. The fraction of sp³-hybridized carbons (Fsp3) is 0.263. The second kappa shape index (κ2) is 9.20. The van der Waals surface area contributed by atoms with E-state index in [2.05, 4.69) is 16.0 Å². The molecule has 10 heteroatoms. The van der Waals surface area contributed by atoms with Crippen LogP contribution in [-0.2, 0) is 14.4 Å². The number of fused-ring (bicyclic) bond motifs is 1. The predicted octanol–water partition coefficient (Wildman–Crippen LogP) is 0.134. The average Bonchev–Trinajstić information content (AvgIpc) is 3.29. The fourth-order valence-electron chi connectivity index (χ4n) is 2.76. The number of amides is 4. The monoisotopic (exact) mass is 416 g/mol. The summed E-state index contributed by atoms with van der Waals surface area (Å²) in [6.07, 6.45) is -0.848. The number of ether oxygens (including phenoxy) is 1. The van der Waals surface area contributed by atoms with Crippen LogP contribution in [0.4, 0.5) is 5.69 Å². The van der Waals surface area contributed by atoms with Gasteiger partial charge in [-0.15, -0.1) is 11.3 Å². The Labute approximate surface area is 171 Å². The van der Waals surface area contributed by atoms with Crippen LogP contribution in [-0.4, -0.2) is 56.4 Å². The summed E-state index contributed by atoms with van der Waals surface area (Å²) < 4.78 is 5.65. The predicted molar refractivity (Wildman–Crippen MR) is 107 cm³/mol. The molecule has 0 spiro atoms. The van der Waals surface area contributed by atoms with Gasteiger partial charge in [-0.05, 0) is 23.6 Å². The summed E-state index contributed by atoms with van der Waals surface area (Å²) in [6, 6.07) is 10.3.